The van der Waals surface area contributed by atoms with E-state index in [1.165, 1.54) is 11.8 Å². The molecule has 1 fully saturated rings. The van der Waals surface area contributed by atoms with E-state index >= 15 is 0 Å². The molecule has 0 aliphatic carbocycles. The lowest BCUT2D eigenvalue weighted by Gasteiger charge is -2.29. The Morgan fingerprint density at radius 3 is 1.75 bits per heavy atom. The number of carbonyl (C=O) groups excluding carboxylic acids is 7. The molecular weight excluding hydrogens is 716 g/mol. The first-order chi connectivity index (χ1) is 25.9. The van der Waals surface area contributed by atoms with Crippen molar-refractivity contribution in [3.8, 4) is 0 Å². The SMILES string of the molecule is CC(C)C[C@H](NC(=O)[C@H](CC(C)C)NC(=O)[C@@H]1CCCN1C(=O)[C@H](C)NC(=O)CNC(=O)[C@@H](N)CCCCN)C(=O)NCC(=O)N[C@@H](CCCCN)C(=O)O. The van der Waals surface area contributed by atoms with Crippen molar-refractivity contribution in [2.45, 2.75) is 135 Å². The zero-order chi connectivity index (χ0) is 41.7. The largest absolute Gasteiger partial charge is 0.480 e. The Labute approximate surface area is 324 Å². The van der Waals surface area contributed by atoms with Gasteiger partial charge in [-0.2, -0.15) is 0 Å². The van der Waals surface area contributed by atoms with Crippen LogP contribution in [0.3, 0.4) is 0 Å². The fourth-order valence-corrected chi connectivity index (χ4v) is 6.08. The van der Waals surface area contributed by atoms with Gasteiger partial charge in [0.1, 0.15) is 30.2 Å². The molecule has 6 atom stereocenters. The van der Waals surface area contributed by atoms with E-state index in [0.29, 0.717) is 51.6 Å². The van der Waals surface area contributed by atoms with E-state index in [9.17, 15) is 43.5 Å². The minimum absolute atomic E-state index is 0.0530. The second kappa shape index (κ2) is 25.7. The van der Waals surface area contributed by atoms with Crippen molar-refractivity contribution >= 4 is 47.3 Å². The smallest absolute Gasteiger partial charge is 0.326 e. The molecule has 0 aromatic rings. The third-order valence-electron chi connectivity index (χ3n) is 9.00. The molecule has 1 saturated heterocycles. The number of rotatable bonds is 26. The zero-order valence-corrected chi connectivity index (χ0v) is 33.1. The van der Waals surface area contributed by atoms with E-state index in [1.807, 2.05) is 27.7 Å². The summed E-state index contributed by atoms with van der Waals surface area (Å²) in [6, 6.07) is -6.01. The molecule has 13 N–H and O–H groups in total. The minimum Gasteiger partial charge on any atom is -0.480 e. The number of hydrogen-bond donors (Lipinski definition) is 10. The van der Waals surface area contributed by atoms with Crippen molar-refractivity contribution < 1.29 is 43.5 Å². The molecule has 55 heavy (non-hydrogen) atoms. The Bertz CT molecular complexity index is 1300. The van der Waals surface area contributed by atoms with Crippen molar-refractivity contribution in [2.75, 3.05) is 32.7 Å². The summed E-state index contributed by atoms with van der Waals surface area (Å²) in [7, 11) is 0. The molecule has 0 radical (unpaired) electrons. The van der Waals surface area contributed by atoms with Gasteiger partial charge in [-0.15, -0.1) is 0 Å². The summed E-state index contributed by atoms with van der Waals surface area (Å²) in [6.45, 7) is 9.09. The Morgan fingerprint density at radius 1 is 0.673 bits per heavy atom. The molecule has 314 valence electrons. The normalized spacial score (nSPS) is 16.7. The van der Waals surface area contributed by atoms with Gasteiger partial charge in [0, 0.05) is 6.54 Å². The molecular formula is C36H66N10O9. The summed E-state index contributed by atoms with van der Waals surface area (Å²) in [5.41, 5.74) is 16.8. The maximum absolute atomic E-state index is 13.6. The summed E-state index contributed by atoms with van der Waals surface area (Å²) < 4.78 is 0. The topological polar surface area (TPSA) is 310 Å². The maximum atomic E-state index is 13.6. The van der Waals surface area contributed by atoms with Gasteiger partial charge in [-0.3, -0.25) is 33.6 Å². The van der Waals surface area contributed by atoms with Crippen LogP contribution >= 0.6 is 0 Å². The maximum Gasteiger partial charge on any atom is 0.326 e. The fraction of sp³-hybridized carbons (Fsp3) is 0.778. The summed E-state index contributed by atoms with van der Waals surface area (Å²) in [4.78, 5) is 104. The van der Waals surface area contributed by atoms with Crippen LogP contribution in [0.1, 0.15) is 98.8 Å². The predicted octanol–water partition coefficient (Wildman–Crippen LogP) is -2.07. The molecule has 0 bridgehead atoms. The predicted molar refractivity (Wildman–Crippen MR) is 204 cm³/mol. The number of hydrogen-bond acceptors (Lipinski definition) is 11. The lowest BCUT2D eigenvalue weighted by molar-refractivity contribution is -0.142. The molecule has 1 aliphatic rings. The van der Waals surface area contributed by atoms with E-state index in [0.717, 1.165) is 6.42 Å². The number of unbranched alkanes of at least 4 members (excludes halogenated alkanes) is 2. The number of carboxylic acid groups (broad SMARTS) is 1. The van der Waals surface area contributed by atoms with Gasteiger partial charge in [0.25, 0.3) is 0 Å². The van der Waals surface area contributed by atoms with Gasteiger partial charge in [0.15, 0.2) is 0 Å². The average Bonchev–Trinajstić information content (AvgIpc) is 3.61. The molecule has 0 aromatic carbocycles. The van der Waals surface area contributed by atoms with Crippen LogP contribution in [-0.2, 0) is 38.4 Å². The highest BCUT2D eigenvalue weighted by Gasteiger charge is 2.38. The van der Waals surface area contributed by atoms with Gasteiger partial charge in [-0.25, -0.2) is 4.79 Å². The van der Waals surface area contributed by atoms with E-state index in [1.54, 1.807) is 0 Å². The first-order valence-electron chi connectivity index (χ1n) is 19.3. The summed E-state index contributed by atoms with van der Waals surface area (Å²) in [6.07, 6.45) is 4.33. The number of nitrogens with zero attached hydrogens (tertiary/aromatic N) is 1. The molecule has 0 unspecified atom stereocenters. The van der Waals surface area contributed by atoms with Crippen molar-refractivity contribution in [1.82, 2.24) is 36.8 Å². The molecule has 0 spiro atoms. The van der Waals surface area contributed by atoms with Crippen LogP contribution in [-0.4, -0.2) is 126 Å². The number of carbonyl (C=O) groups is 8. The van der Waals surface area contributed by atoms with Crippen LogP contribution < -0.4 is 49.1 Å². The number of amides is 7. The number of likely N-dealkylation sites (tertiary alicyclic amines) is 1. The van der Waals surface area contributed by atoms with Crippen LogP contribution in [0.15, 0.2) is 0 Å². The highest BCUT2D eigenvalue weighted by molar-refractivity contribution is 5.97. The molecule has 7 amide bonds. The van der Waals surface area contributed by atoms with E-state index in [2.05, 4.69) is 31.9 Å². The van der Waals surface area contributed by atoms with Gasteiger partial charge in [0.05, 0.1) is 19.1 Å². The number of aliphatic carboxylic acids is 1. The fourth-order valence-electron chi connectivity index (χ4n) is 6.08. The summed E-state index contributed by atoms with van der Waals surface area (Å²) in [5.74, 6) is -5.50. The monoisotopic (exact) mass is 783 g/mol. The highest BCUT2D eigenvalue weighted by atomic mass is 16.4. The van der Waals surface area contributed by atoms with Crippen LogP contribution in [0, 0.1) is 11.8 Å². The van der Waals surface area contributed by atoms with E-state index < -0.39 is 90.1 Å². The summed E-state index contributed by atoms with van der Waals surface area (Å²) >= 11 is 0. The number of nitrogens with two attached hydrogens (primary N) is 3. The van der Waals surface area contributed by atoms with Crippen LogP contribution in [0.25, 0.3) is 0 Å². The Morgan fingerprint density at radius 2 is 1.20 bits per heavy atom. The van der Waals surface area contributed by atoms with Crippen molar-refractivity contribution in [1.29, 1.82) is 0 Å². The van der Waals surface area contributed by atoms with Crippen molar-refractivity contribution in [2.24, 2.45) is 29.0 Å². The van der Waals surface area contributed by atoms with Crippen molar-refractivity contribution in [3.05, 3.63) is 0 Å². The van der Waals surface area contributed by atoms with Crippen LogP contribution in [0.4, 0.5) is 0 Å². The average molecular weight is 783 g/mol. The van der Waals surface area contributed by atoms with Gasteiger partial charge in [-0.05, 0) is 89.6 Å². The first kappa shape index (κ1) is 48.7. The molecule has 19 heteroatoms. The quantitative estimate of drug-likeness (QED) is 0.0424. The highest BCUT2D eigenvalue weighted by Crippen LogP contribution is 2.20. The van der Waals surface area contributed by atoms with E-state index in [-0.39, 0.29) is 44.2 Å². The molecule has 19 nitrogen and oxygen atoms in total. The van der Waals surface area contributed by atoms with Gasteiger partial charge >= 0.3 is 5.97 Å². The molecule has 0 saturated carbocycles. The Balaban J connectivity index is 2.89. The minimum atomic E-state index is -1.21. The number of nitrogens with one attached hydrogen (secondary N) is 6. The second-order valence-corrected chi connectivity index (χ2v) is 14.9. The van der Waals surface area contributed by atoms with Gasteiger partial charge in [-0.1, -0.05) is 34.1 Å². The Kier molecular flexibility index (Phi) is 22.7. The van der Waals surface area contributed by atoms with Crippen molar-refractivity contribution in [3.63, 3.8) is 0 Å². The first-order valence-corrected chi connectivity index (χ1v) is 19.3. The molecule has 1 aliphatic heterocycles. The second-order valence-electron chi connectivity index (χ2n) is 14.9. The van der Waals surface area contributed by atoms with Gasteiger partial charge < -0.3 is 59.1 Å². The zero-order valence-electron chi connectivity index (χ0n) is 33.1. The molecule has 0 aromatic heterocycles. The number of carboxylic acids is 1. The van der Waals surface area contributed by atoms with Crippen LogP contribution in [0.5, 0.6) is 0 Å². The molecule has 1 rings (SSSR count). The van der Waals surface area contributed by atoms with E-state index in [4.69, 9.17) is 17.2 Å². The lowest BCUT2D eigenvalue weighted by Crippen LogP contribution is -2.58. The molecule has 1 heterocycles. The third-order valence-corrected chi connectivity index (χ3v) is 9.00. The van der Waals surface area contributed by atoms with Gasteiger partial charge in [0.2, 0.25) is 41.4 Å². The Hall–Kier alpha value is -4.36. The standard InChI is InChI=1S/C36H66N10O9/c1-21(2)17-26(32(50)41-20-30(48)43-25(36(54)55)12-7-9-15-38)44-33(51)27(18-22(3)4)45-34(52)28-13-10-16-46(28)35(53)23(5)42-29(47)19-40-31(49)24(39)11-6-8-14-37/h21-28H,6-20,37-39H2,1-5H3,(H,40,49)(H,41,50)(H,42,47)(H,43,48)(H,44,51)(H,45,52)(H,54,55)/t23-,24-,25-,26-,27-,28-/m0/s1. The third kappa shape index (κ3) is 18.7. The lowest BCUT2D eigenvalue weighted by atomic mass is 9.99. The van der Waals surface area contributed by atoms with Crippen LogP contribution in [0.2, 0.25) is 0 Å². The summed E-state index contributed by atoms with van der Waals surface area (Å²) in [5, 5.41) is 24.8.